The normalized spacial score (nSPS) is 17.3. The van der Waals surface area contributed by atoms with E-state index in [0.717, 1.165) is 43.5 Å². The van der Waals surface area contributed by atoms with Gasteiger partial charge < -0.3 is 14.6 Å². The van der Waals surface area contributed by atoms with Crippen LogP contribution in [-0.4, -0.2) is 24.2 Å². The number of benzene rings is 2. The number of hydrogen-bond acceptors (Lipinski definition) is 3. The molecule has 2 aromatic carbocycles. The van der Waals surface area contributed by atoms with Gasteiger partial charge in [-0.3, -0.25) is 4.79 Å². The summed E-state index contributed by atoms with van der Waals surface area (Å²) in [7, 11) is 0. The van der Waals surface area contributed by atoms with Crippen LogP contribution in [0.3, 0.4) is 0 Å². The van der Waals surface area contributed by atoms with Gasteiger partial charge in [-0.25, -0.2) is 0 Å². The Balaban J connectivity index is 1.52. The maximum absolute atomic E-state index is 13.5. The molecule has 2 heterocycles. The van der Waals surface area contributed by atoms with Crippen LogP contribution < -0.4 is 10.5 Å². The fourth-order valence-electron chi connectivity index (χ4n) is 4.28. The molecule has 4 rings (SSSR count). The van der Waals surface area contributed by atoms with Crippen LogP contribution in [0, 0.1) is 0 Å². The number of aromatic amines is 1. The van der Waals surface area contributed by atoms with Crippen molar-refractivity contribution in [2.24, 2.45) is 0 Å². The van der Waals surface area contributed by atoms with Gasteiger partial charge in [-0.15, -0.1) is 0 Å². The van der Waals surface area contributed by atoms with E-state index in [1.54, 1.807) is 18.2 Å². The highest BCUT2D eigenvalue weighted by Crippen LogP contribution is 2.36. The SMILES string of the molecule is O=c1cc(C(F)(F)F)c2cc(N3CCCCC3CCOCc3ccccc3)ccc2[nH]1. The van der Waals surface area contributed by atoms with Gasteiger partial charge in [0.25, 0.3) is 0 Å². The lowest BCUT2D eigenvalue weighted by Gasteiger charge is -2.38. The third-order valence-electron chi connectivity index (χ3n) is 5.80. The lowest BCUT2D eigenvalue weighted by molar-refractivity contribution is -0.136. The molecule has 0 bridgehead atoms. The molecular weight excluding hydrogens is 405 g/mol. The van der Waals surface area contributed by atoms with Crippen molar-refractivity contribution in [3.8, 4) is 0 Å². The molecule has 1 saturated heterocycles. The van der Waals surface area contributed by atoms with Gasteiger partial charge in [-0.2, -0.15) is 13.2 Å². The number of H-pyrrole nitrogens is 1. The summed E-state index contributed by atoms with van der Waals surface area (Å²) >= 11 is 0. The lowest BCUT2D eigenvalue weighted by atomic mass is 9.98. The number of pyridine rings is 1. The van der Waals surface area contributed by atoms with Crippen LogP contribution in [0.5, 0.6) is 0 Å². The van der Waals surface area contributed by atoms with Gasteiger partial charge in [0.15, 0.2) is 0 Å². The summed E-state index contributed by atoms with van der Waals surface area (Å²) in [6, 6.07) is 15.7. The predicted molar refractivity (Wildman–Crippen MR) is 115 cm³/mol. The molecule has 1 aliphatic rings. The molecule has 1 atom stereocenters. The zero-order valence-electron chi connectivity index (χ0n) is 17.1. The largest absolute Gasteiger partial charge is 0.417 e. The van der Waals surface area contributed by atoms with E-state index in [-0.39, 0.29) is 16.9 Å². The van der Waals surface area contributed by atoms with Gasteiger partial charge in [0, 0.05) is 41.9 Å². The molecule has 1 fully saturated rings. The molecule has 1 unspecified atom stereocenters. The highest BCUT2D eigenvalue weighted by molar-refractivity contribution is 5.86. The number of fused-ring (bicyclic) bond motifs is 1. The average Bonchev–Trinajstić information content (AvgIpc) is 2.76. The zero-order chi connectivity index (χ0) is 21.8. The molecule has 1 N–H and O–H groups in total. The van der Waals surface area contributed by atoms with Crippen LogP contribution in [0.15, 0.2) is 59.4 Å². The fraction of sp³-hybridized carbons (Fsp3) is 0.375. The minimum atomic E-state index is -4.59. The van der Waals surface area contributed by atoms with Crippen molar-refractivity contribution in [2.45, 2.75) is 44.5 Å². The molecule has 164 valence electrons. The van der Waals surface area contributed by atoms with Crippen molar-refractivity contribution in [3.05, 3.63) is 76.1 Å². The summed E-state index contributed by atoms with van der Waals surface area (Å²) < 4.78 is 46.4. The number of piperidine rings is 1. The maximum atomic E-state index is 13.5. The first-order valence-corrected chi connectivity index (χ1v) is 10.5. The predicted octanol–water partition coefficient (Wildman–Crippen LogP) is 5.51. The fourth-order valence-corrected chi connectivity index (χ4v) is 4.28. The van der Waals surface area contributed by atoms with Gasteiger partial charge in [0.1, 0.15) is 0 Å². The minimum absolute atomic E-state index is 0.0225. The van der Waals surface area contributed by atoms with E-state index in [4.69, 9.17) is 4.74 Å². The highest BCUT2D eigenvalue weighted by Gasteiger charge is 2.33. The van der Waals surface area contributed by atoms with E-state index in [2.05, 4.69) is 9.88 Å². The summed E-state index contributed by atoms with van der Waals surface area (Å²) in [5, 5.41) is 0.0225. The second-order valence-electron chi connectivity index (χ2n) is 7.94. The summed E-state index contributed by atoms with van der Waals surface area (Å²) in [5.74, 6) is 0. The second-order valence-corrected chi connectivity index (χ2v) is 7.94. The first-order chi connectivity index (χ1) is 14.9. The molecule has 3 aromatic rings. The number of nitrogens with one attached hydrogen (secondary N) is 1. The van der Waals surface area contributed by atoms with E-state index >= 15 is 0 Å². The first-order valence-electron chi connectivity index (χ1n) is 10.5. The Labute approximate surface area is 178 Å². The van der Waals surface area contributed by atoms with E-state index in [1.807, 2.05) is 30.3 Å². The smallest absolute Gasteiger partial charge is 0.377 e. The van der Waals surface area contributed by atoms with Gasteiger partial charge >= 0.3 is 6.18 Å². The van der Waals surface area contributed by atoms with E-state index in [0.29, 0.717) is 19.3 Å². The molecule has 31 heavy (non-hydrogen) atoms. The Morgan fingerprint density at radius 2 is 1.87 bits per heavy atom. The summed E-state index contributed by atoms with van der Waals surface area (Å²) in [6.45, 7) is 1.93. The molecule has 1 aromatic heterocycles. The Bertz CT molecular complexity index is 1080. The highest BCUT2D eigenvalue weighted by atomic mass is 19.4. The topological polar surface area (TPSA) is 45.3 Å². The molecule has 0 spiro atoms. The van der Waals surface area contributed by atoms with Crippen molar-refractivity contribution < 1.29 is 17.9 Å². The standard InChI is InChI=1S/C24H25F3N2O2/c25-24(26,27)21-15-23(30)28-22-10-9-19(14-20(21)22)29-12-5-4-8-18(29)11-13-31-16-17-6-2-1-3-7-17/h1-3,6-7,9-10,14-15,18H,4-5,8,11-13,16H2,(H,28,30). The molecule has 0 amide bonds. The number of alkyl halides is 3. The molecule has 4 nitrogen and oxygen atoms in total. The van der Waals surface area contributed by atoms with Gasteiger partial charge in [-0.1, -0.05) is 30.3 Å². The Morgan fingerprint density at radius 3 is 2.65 bits per heavy atom. The quantitative estimate of drug-likeness (QED) is 0.525. The Morgan fingerprint density at radius 1 is 1.06 bits per heavy atom. The van der Waals surface area contributed by atoms with E-state index in [1.165, 1.54) is 0 Å². The number of hydrogen-bond donors (Lipinski definition) is 1. The van der Waals surface area contributed by atoms with Crippen molar-refractivity contribution in [1.82, 2.24) is 4.98 Å². The third-order valence-corrected chi connectivity index (χ3v) is 5.80. The average molecular weight is 430 g/mol. The number of ether oxygens (including phenoxy) is 1. The van der Waals surface area contributed by atoms with Gasteiger partial charge in [0.2, 0.25) is 5.56 Å². The summed E-state index contributed by atoms with van der Waals surface area (Å²) in [5.41, 5.74) is 0.416. The molecule has 0 saturated carbocycles. The first kappa shape index (κ1) is 21.4. The number of aromatic nitrogens is 1. The van der Waals surface area contributed by atoms with Gasteiger partial charge in [0.05, 0.1) is 12.2 Å². The second kappa shape index (κ2) is 9.14. The maximum Gasteiger partial charge on any atom is 0.417 e. The van der Waals surface area contributed by atoms with Gasteiger partial charge in [-0.05, 0) is 49.4 Å². The third kappa shape index (κ3) is 5.10. The van der Waals surface area contributed by atoms with Crippen LogP contribution in [0.4, 0.5) is 18.9 Å². The number of nitrogens with zero attached hydrogens (tertiary/aromatic N) is 1. The van der Waals surface area contributed by atoms with Crippen molar-refractivity contribution >= 4 is 16.6 Å². The van der Waals surface area contributed by atoms with Crippen molar-refractivity contribution in [1.29, 1.82) is 0 Å². The summed E-state index contributed by atoms with van der Waals surface area (Å²) in [6.07, 6.45) is -0.712. The zero-order valence-corrected chi connectivity index (χ0v) is 17.1. The lowest BCUT2D eigenvalue weighted by Crippen LogP contribution is -2.40. The summed E-state index contributed by atoms with van der Waals surface area (Å²) in [4.78, 5) is 16.3. The molecule has 0 radical (unpaired) electrons. The van der Waals surface area contributed by atoms with Crippen LogP contribution in [0.25, 0.3) is 10.9 Å². The van der Waals surface area contributed by atoms with Crippen LogP contribution in [0.2, 0.25) is 0 Å². The molecule has 0 aliphatic carbocycles. The minimum Gasteiger partial charge on any atom is -0.377 e. The number of rotatable bonds is 6. The Kier molecular flexibility index (Phi) is 6.32. The van der Waals surface area contributed by atoms with Crippen LogP contribution in [0.1, 0.15) is 36.8 Å². The van der Waals surface area contributed by atoms with E-state index in [9.17, 15) is 18.0 Å². The van der Waals surface area contributed by atoms with Crippen LogP contribution >= 0.6 is 0 Å². The number of anilines is 1. The molecular formula is C24H25F3N2O2. The molecule has 7 heteroatoms. The van der Waals surface area contributed by atoms with Crippen LogP contribution in [-0.2, 0) is 17.5 Å². The molecule has 1 aliphatic heterocycles. The van der Waals surface area contributed by atoms with Crippen molar-refractivity contribution in [3.63, 3.8) is 0 Å². The Hall–Kier alpha value is -2.80. The number of halogens is 3. The van der Waals surface area contributed by atoms with Crippen molar-refractivity contribution in [2.75, 3.05) is 18.1 Å². The van der Waals surface area contributed by atoms with E-state index < -0.39 is 17.3 Å². The monoisotopic (exact) mass is 430 g/mol.